The van der Waals surface area contributed by atoms with Gasteiger partial charge in [-0.2, -0.15) is 5.26 Å². The number of aliphatic imine (C=N–C) groups is 1. The number of hydrogen-bond acceptors (Lipinski definition) is 9. The minimum absolute atomic E-state index is 0.197. The second kappa shape index (κ2) is 14.8. The Balaban J connectivity index is 1.34. The highest BCUT2D eigenvalue weighted by molar-refractivity contribution is 5.96. The lowest BCUT2D eigenvalue weighted by Crippen LogP contribution is -2.40. The molecule has 1 unspecified atom stereocenters. The summed E-state index contributed by atoms with van der Waals surface area (Å²) in [5.41, 5.74) is 3.85. The van der Waals surface area contributed by atoms with Crippen LogP contribution in [0.4, 0.5) is 16.2 Å². The minimum Gasteiger partial charge on any atom is -0.496 e. The molecule has 0 radical (unpaired) electrons. The number of carbonyl (C=O) groups excluding carboxylic acids is 2. The molecule has 2 fully saturated rings. The lowest BCUT2D eigenvalue weighted by atomic mass is 9.98. The lowest BCUT2D eigenvalue weighted by Gasteiger charge is -2.24. The number of allylic oxidation sites excluding steroid dienone is 1. The van der Waals surface area contributed by atoms with Crippen LogP contribution in [0.2, 0.25) is 0 Å². The summed E-state index contributed by atoms with van der Waals surface area (Å²) in [4.78, 5) is 31.5. The van der Waals surface area contributed by atoms with Crippen molar-refractivity contribution in [3.05, 3.63) is 71.0 Å². The van der Waals surface area contributed by atoms with Crippen molar-refractivity contribution in [2.24, 2.45) is 4.99 Å². The van der Waals surface area contributed by atoms with Crippen LogP contribution in [0.15, 0.2) is 58.0 Å². The Kier molecular flexibility index (Phi) is 10.5. The zero-order valence-electron chi connectivity index (χ0n) is 28.2. The van der Waals surface area contributed by atoms with E-state index in [0.29, 0.717) is 72.4 Å². The van der Waals surface area contributed by atoms with Crippen LogP contribution in [0.1, 0.15) is 74.2 Å². The van der Waals surface area contributed by atoms with E-state index >= 15 is 0 Å². The molecule has 48 heavy (non-hydrogen) atoms. The number of anilines is 1. The zero-order valence-corrected chi connectivity index (χ0v) is 28.2. The van der Waals surface area contributed by atoms with E-state index in [9.17, 15) is 14.9 Å². The van der Waals surface area contributed by atoms with Gasteiger partial charge in [0.25, 0.3) is 5.91 Å². The van der Waals surface area contributed by atoms with E-state index < -0.39 is 5.60 Å². The van der Waals surface area contributed by atoms with Gasteiger partial charge in [-0.05, 0) is 89.6 Å². The monoisotopic (exact) mass is 653 g/mol. The molecule has 0 bridgehead atoms. The molecular formula is C37H43N5O6. The maximum absolute atomic E-state index is 13.2. The van der Waals surface area contributed by atoms with Crippen LogP contribution in [-0.2, 0) is 9.47 Å². The first-order valence-corrected chi connectivity index (χ1v) is 16.2. The number of likely N-dealkylation sites (tertiary alicyclic amines) is 1. The van der Waals surface area contributed by atoms with Crippen LogP contribution >= 0.6 is 0 Å². The number of benzene rings is 2. The Bertz CT molecular complexity index is 1740. The van der Waals surface area contributed by atoms with Crippen LogP contribution in [0, 0.1) is 11.3 Å². The van der Waals surface area contributed by atoms with E-state index in [1.165, 1.54) is 7.11 Å². The van der Waals surface area contributed by atoms with Crippen molar-refractivity contribution in [1.29, 1.82) is 5.26 Å². The quantitative estimate of drug-likeness (QED) is 0.237. The third-order valence-corrected chi connectivity index (χ3v) is 8.35. The van der Waals surface area contributed by atoms with Gasteiger partial charge in [0.2, 0.25) is 0 Å². The molecule has 2 N–H and O–H groups in total. The highest BCUT2D eigenvalue weighted by Gasteiger charge is 2.31. The van der Waals surface area contributed by atoms with E-state index in [1.807, 2.05) is 52.0 Å². The zero-order chi connectivity index (χ0) is 34.4. The molecule has 0 aliphatic carbocycles. The number of rotatable bonds is 9. The Morgan fingerprint density at radius 1 is 1.08 bits per heavy atom. The molecule has 2 aliphatic heterocycles. The Labute approximate surface area is 281 Å². The second-order valence-electron chi connectivity index (χ2n) is 12.9. The molecule has 2 aliphatic rings. The van der Waals surface area contributed by atoms with Crippen molar-refractivity contribution in [2.75, 3.05) is 38.7 Å². The van der Waals surface area contributed by atoms with Crippen molar-refractivity contribution < 1.29 is 28.2 Å². The number of carbonyl (C=O) groups is 2. The smallest absolute Gasteiger partial charge is 0.410 e. The highest BCUT2D eigenvalue weighted by Crippen LogP contribution is 2.41. The van der Waals surface area contributed by atoms with Crippen LogP contribution in [0.3, 0.4) is 0 Å². The predicted molar refractivity (Wildman–Crippen MR) is 185 cm³/mol. The maximum atomic E-state index is 13.2. The molecule has 1 aromatic heterocycles. The van der Waals surface area contributed by atoms with Crippen molar-refractivity contribution in [3.8, 4) is 23.1 Å². The number of nitriles is 1. The molecule has 2 aromatic carbocycles. The van der Waals surface area contributed by atoms with Gasteiger partial charge >= 0.3 is 6.09 Å². The van der Waals surface area contributed by atoms with Gasteiger partial charge in [-0.1, -0.05) is 12.1 Å². The largest absolute Gasteiger partial charge is 0.496 e. The molecule has 0 spiro atoms. The SMILES string of the molecule is C=Nc1cc(-c2ccc(C(=O)NC3CCN(C(=O)OC(C)(C)C)C3)cc2OC)oc1/C(=C\C)c1ccc(NC2CCOCC2)c(C#N)c1. The van der Waals surface area contributed by atoms with Gasteiger partial charge in [-0.3, -0.25) is 9.79 Å². The predicted octanol–water partition coefficient (Wildman–Crippen LogP) is 6.94. The van der Waals surface area contributed by atoms with E-state index in [0.717, 1.165) is 29.7 Å². The van der Waals surface area contributed by atoms with Crippen LogP contribution in [0.25, 0.3) is 16.9 Å². The van der Waals surface area contributed by atoms with Crippen molar-refractivity contribution in [1.82, 2.24) is 10.2 Å². The summed E-state index contributed by atoms with van der Waals surface area (Å²) in [6.07, 6.45) is 3.94. The maximum Gasteiger partial charge on any atom is 0.410 e. The highest BCUT2D eigenvalue weighted by atomic mass is 16.6. The first-order valence-electron chi connectivity index (χ1n) is 16.2. The number of nitrogens with one attached hydrogen (secondary N) is 2. The first kappa shape index (κ1) is 34.3. The number of ether oxygens (including phenoxy) is 3. The van der Waals surface area contributed by atoms with Crippen LogP contribution in [-0.4, -0.2) is 74.7 Å². The number of amides is 2. The van der Waals surface area contributed by atoms with Crippen molar-refractivity contribution in [3.63, 3.8) is 0 Å². The average molecular weight is 654 g/mol. The molecule has 1 atom stereocenters. The van der Waals surface area contributed by atoms with Crippen LogP contribution < -0.4 is 15.4 Å². The lowest BCUT2D eigenvalue weighted by molar-refractivity contribution is 0.0290. The average Bonchev–Trinajstić information content (AvgIpc) is 3.72. The summed E-state index contributed by atoms with van der Waals surface area (Å²) in [6, 6.07) is 15.0. The molecular weight excluding hydrogens is 610 g/mol. The second-order valence-corrected chi connectivity index (χ2v) is 12.9. The molecule has 2 saturated heterocycles. The summed E-state index contributed by atoms with van der Waals surface area (Å²) in [6.45, 7) is 13.4. The number of methoxy groups -OCH3 is 1. The third-order valence-electron chi connectivity index (χ3n) is 8.35. The molecule has 3 aromatic rings. The Hall–Kier alpha value is -5.08. The standard InChI is InChI=1S/C37H43N5O6/c1-7-28(23-9-11-30(25(18-23)21-38)40-26-13-16-46-17-14-26)34-31(39-5)20-33(47-34)29-10-8-24(19-32(29)45-6)35(43)41-27-12-15-42(22-27)36(44)48-37(2,3)4/h7-11,18-20,26-27,40H,5,12-17,22H2,1-4,6H3,(H,41,43)/b28-7-. The van der Waals surface area contributed by atoms with Gasteiger partial charge < -0.3 is 34.2 Å². The topological polar surface area (TPSA) is 138 Å². The molecule has 11 nitrogen and oxygen atoms in total. The minimum atomic E-state index is -0.586. The van der Waals surface area contributed by atoms with Gasteiger partial charge in [0, 0.05) is 55.6 Å². The fourth-order valence-corrected chi connectivity index (χ4v) is 5.92. The van der Waals surface area contributed by atoms with E-state index in [1.54, 1.807) is 29.2 Å². The summed E-state index contributed by atoms with van der Waals surface area (Å²) in [5, 5.41) is 16.5. The molecule has 252 valence electrons. The number of hydrogen-bond donors (Lipinski definition) is 2. The molecule has 5 rings (SSSR count). The third kappa shape index (κ3) is 7.89. The van der Waals surface area contributed by atoms with Gasteiger partial charge in [-0.15, -0.1) is 0 Å². The summed E-state index contributed by atoms with van der Waals surface area (Å²) < 4.78 is 23.0. The molecule has 11 heteroatoms. The number of nitrogens with zero attached hydrogens (tertiary/aromatic N) is 3. The number of furan rings is 1. The fraction of sp³-hybridized carbons (Fsp3) is 0.405. The van der Waals surface area contributed by atoms with Gasteiger partial charge in [0.1, 0.15) is 28.9 Å². The molecule has 0 saturated carbocycles. The van der Waals surface area contributed by atoms with Gasteiger partial charge in [0.05, 0.1) is 23.9 Å². The van der Waals surface area contributed by atoms with Gasteiger partial charge in [0.15, 0.2) is 5.76 Å². The molecule has 2 amide bonds. The van der Waals surface area contributed by atoms with E-state index in [4.69, 9.17) is 18.6 Å². The van der Waals surface area contributed by atoms with E-state index in [2.05, 4.69) is 28.4 Å². The first-order chi connectivity index (χ1) is 23.0. The fourth-order valence-electron chi connectivity index (χ4n) is 5.92. The molecule has 3 heterocycles. The summed E-state index contributed by atoms with van der Waals surface area (Å²) in [7, 11) is 1.53. The summed E-state index contributed by atoms with van der Waals surface area (Å²) in [5.74, 6) is 1.15. The summed E-state index contributed by atoms with van der Waals surface area (Å²) >= 11 is 0. The Morgan fingerprint density at radius 2 is 1.83 bits per heavy atom. The normalized spacial score (nSPS) is 17.0. The Morgan fingerprint density at radius 3 is 2.50 bits per heavy atom. The van der Waals surface area contributed by atoms with Crippen molar-refractivity contribution in [2.45, 2.75) is 64.6 Å². The van der Waals surface area contributed by atoms with E-state index in [-0.39, 0.29) is 24.1 Å². The van der Waals surface area contributed by atoms with Crippen LogP contribution in [0.5, 0.6) is 5.75 Å². The van der Waals surface area contributed by atoms with Crippen molar-refractivity contribution >= 4 is 35.7 Å². The van der Waals surface area contributed by atoms with Gasteiger partial charge in [-0.25, -0.2) is 4.79 Å².